The molecule has 0 saturated heterocycles. The van der Waals surface area contributed by atoms with Crippen molar-refractivity contribution >= 4 is 32.7 Å². The zero-order valence-corrected chi connectivity index (χ0v) is 12.3. The van der Waals surface area contributed by atoms with E-state index < -0.39 is 0 Å². The van der Waals surface area contributed by atoms with Gasteiger partial charge in [-0.2, -0.15) is 0 Å². The van der Waals surface area contributed by atoms with Crippen molar-refractivity contribution in [3.05, 3.63) is 33.9 Å². The fraction of sp³-hybridized carbons (Fsp3) is 0.400. The van der Waals surface area contributed by atoms with E-state index >= 15 is 0 Å². The van der Waals surface area contributed by atoms with E-state index in [9.17, 15) is 4.79 Å². The SMILES string of the molecule is NC(=O)c1ccc2c(C3CCCCC3)c(Br)[nH]c2c1. The minimum Gasteiger partial charge on any atom is -0.366 e. The Morgan fingerprint density at radius 1 is 1.26 bits per heavy atom. The number of H-pyrrole nitrogens is 1. The summed E-state index contributed by atoms with van der Waals surface area (Å²) in [6.45, 7) is 0. The monoisotopic (exact) mass is 320 g/mol. The molecule has 3 N–H and O–H groups in total. The molecule has 1 aromatic heterocycles. The van der Waals surface area contributed by atoms with E-state index in [4.69, 9.17) is 5.73 Å². The molecule has 3 nitrogen and oxygen atoms in total. The Morgan fingerprint density at radius 2 is 2.00 bits per heavy atom. The van der Waals surface area contributed by atoms with Crippen LogP contribution in [0, 0.1) is 0 Å². The van der Waals surface area contributed by atoms with Crippen molar-refractivity contribution in [3.8, 4) is 0 Å². The molecule has 0 atom stereocenters. The number of carbonyl (C=O) groups is 1. The van der Waals surface area contributed by atoms with Crippen LogP contribution in [0.25, 0.3) is 10.9 Å². The predicted octanol–water partition coefficient (Wildman–Crippen LogP) is 4.08. The van der Waals surface area contributed by atoms with Gasteiger partial charge in [0.15, 0.2) is 0 Å². The molecule has 1 heterocycles. The van der Waals surface area contributed by atoms with Crippen LogP contribution in [0.15, 0.2) is 22.8 Å². The summed E-state index contributed by atoms with van der Waals surface area (Å²) in [7, 11) is 0. The number of rotatable bonds is 2. The lowest BCUT2D eigenvalue weighted by Crippen LogP contribution is -2.10. The van der Waals surface area contributed by atoms with Crippen molar-refractivity contribution in [3.63, 3.8) is 0 Å². The number of carbonyl (C=O) groups excluding carboxylic acids is 1. The third kappa shape index (κ3) is 2.29. The lowest BCUT2D eigenvalue weighted by Gasteiger charge is -2.21. The Balaban J connectivity index is 2.09. The van der Waals surface area contributed by atoms with Gasteiger partial charge in [-0.3, -0.25) is 4.79 Å². The molecule has 1 saturated carbocycles. The van der Waals surface area contributed by atoms with Crippen molar-refractivity contribution in [1.29, 1.82) is 0 Å². The molecule has 0 bridgehead atoms. The Kier molecular flexibility index (Phi) is 3.35. The number of aromatic nitrogens is 1. The molecular weight excluding hydrogens is 304 g/mol. The van der Waals surface area contributed by atoms with Gasteiger partial charge in [0, 0.05) is 16.5 Å². The van der Waals surface area contributed by atoms with Crippen LogP contribution in [-0.4, -0.2) is 10.9 Å². The van der Waals surface area contributed by atoms with E-state index in [1.54, 1.807) is 0 Å². The molecule has 3 rings (SSSR count). The van der Waals surface area contributed by atoms with Crippen LogP contribution in [0.2, 0.25) is 0 Å². The summed E-state index contributed by atoms with van der Waals surface area (Å²) in [4.78, 5) is 14.6. The number of halogens is 1. The minimum atomic E-state index is -0.383. The Hall–Kier alpha value is -1.29. The van der Waals surface area contributed by atoms with Gasteiger partial charge in [0.2, 0.25) is 5.91 Å². The van der Waals surface area contributed by atoms with Crippen molar-refractivity contribution in [2.75, 3.05) is 0 Å². The number of hydrogen-bond acceptors (Lipinski definition) is 1. The van der Waals surface area contributed by atoms with Crippen LogP contribution >= 0.6 is 15.9 Å². The molecule has 2 aromatic rings. The van der Waals surface area contributed by atoms with Crippen LogP contribution in [0.4, 0.5) is 0 Å². The molecule has 1 amide bonds. The molecule has 100 valence electrons. The molecule has 1 aliphatic rings. The predicted molar refractivity (Wildman–Crippen MR) is 80.3 cm³/mol. The Morgan fingerprint density at radius 3 is 2.68 bits per heavy atom. The molecule has 1 aromatic carbocycles. The normalized spacial score (nSPS) is 16.9. The summed E-state index contributed by atoms with van der Waals surface area (Å²) < 4.78 is 1.05. The third-order valence-electron chi connectivity index (χ3n) is 4.09. The summed E-state index contributed by atoms with van der Waals surface area (Å²) in [5.74, 6) is 0.239. The maximum Gasteiger partial charge on any atom is 0.248 e. The highest BCUT2D eigenvalue weighted by atomic mass is 79.9. The molecule has 0 unspecified atom stereocenters. The highest BCUT2D eigenvalue weighted by Crippen LogP contribution is 2.40. The van der Waals surface area contributed by atoms with Crippen molar-refractivity contribution in [2.45, 2.75) is 38.0 Å². The molecular formula is C15H17BrN2O. The van der Waals surface area contributed by atoms with Gasteiger partial charge in [-0.05, 0) is 52.4 Å². The molecule has 1 fully saturated rings. The molecule has 0 radical (unpaired) electrons. The first-order chi connectivity index (χ1) is 9.16. The van der Waals surface area contributed by atoms with Gasteiger partial charge in [0.1, 0.15) is 0 Å². The Labute approximate surface area is 120 Å². The molecule has 0 spiro atoms. The number of benzene rings is 1. The number of nitrogens with one attached hydrogen (secondary N) is 1. The topological polar surface area (TPSA) is 58.9 Å². The maximum absolute atomic E-state index is 11.2. The van der Waals surface area contributed by atoms with Gasteiger partial charge >= 0.3 is 0 Å². The number of amides is 1. The van der Waals surface area contributed by atoms with E-state index in [0.717, 1.165) is 10.1 Å². The zero-order chi connectivity index (χ0) is 13.4. The number of hydrogen-bond donors (Lipinski definition) is 2. The molecule has 4 heteroatoms. The largest absolute Gasteiger partial charge is 0.366 e. The summed E-state index contributed by atoms with van der Waals surface area (Å²) >= 11 is 3.63. The second-order valence-corrected chi connectivity index (χ2v) is 6.11. The van der Waals surface area contributed by atoms with Gasteiger partial charge in [-0.25, -0.2) is 0 Å². The highest BCUT2D eigenvalue weighted by molar-refractivity contribution is 9.10. The second-order valence-electron chi connectivity index (χ2n) is 5.31. The van der Waals surface area contributed by atoms with Crippen molar-refractivity contribution in [1.82, 2.24) is 4.98 Å². The van der Waals surface area contributed by atoms with Gasteiger partial charge < -0.3 is 10.7 Å². The maximum atomic E-state index is 11.2. The Bertz CT molecular complexity index is 626. The molecule has 19 heavy (non-hydrogen) atoms. The van der Waals surface area contributed by atoms with E-state index in [1.165, 1.54) is 43.1 Å². The first-order valence-electron chi connectivity index (χ1n) is 6.77. The number of nitrogens with two attached hydrogens (primary N) is 1. The number of primary amides is 1. The van der Waals surface area contributed by atoms with Crippen LogP contribution in [-0.2, 0) is 0 Å². The van der Waals surface area contributed by atoms with E-state index in [2.05, 4.69) is 20.9 Å². The fourth-order valence-electron chi connectivity index (χ4n) is 3.13. The second kappa shape index (κ2) is 5.00. The van der Waals surface area contributed by atoms with Crippen LogP contribution in [0.1, 0.15) is 53.9 Å². The van der Waals surface area contributed by atoms with Gasteiger partial charge in [-0.15, -0.1) is 0 Å². The summed E-state index contributed by atoms with van der Waals surface area (Å²) in [5.41, 5.74) is 8.24. The van der Waals surface area contributed by atoms with E-state index in [0.29, 0.717) is 11.5 Å². The quantitative estimate of drug-likeness (QED) is 0.860. The minimum absolute atomic E-state index is 0.383. The lowest BCUT2D eigenvalue weighted by molar-refractivity contribution is 0.100. The van der Waals surface area contributed by atoms with Crippen LogP contribution in [0.3, 0.4) is 0 Å². The number of aromatic amines is 1. The van der Waals surface area contributed by atoms with E-state index in [1.807, 2.05) is 18.2 Å². The average Bonchev–Trinajstić information content (AvgIpc) is 2.74. The van der Waals surface area contributed by atoms with Crippen molar-refractivity contribution < 1.29 is 4.79 Å². The van der Waals surface area contributed by atoms with Crippen molar-refractivity contribution in [2.24, 2.45) is 5.73 Å². The van der Waals surface area contributed by atoms with Gasteiger partial charge in [0.05, 0.1) is 4.60 Å². The summed E-state index contributed by atoms with van der Waals surface area (Å²) in [6.07, 6.45) is 6.47. The summed E-state index contributed by atoms with van der Waals surface area (Å²) in [6, 6.07) is 5.67. The average molecular weight is 321 g/mol. The first-order valence-corrected chi connectivity index (χ1v) is 7.57. The van der Waals surface area contributed by atoms with Crippen LogP contribution in [0.5, 0.6) is 0 Å². The molecule has 0 aliphatic heterocycles. The molecule has 1 aliphatic carbocycles. The third-order valence-corrected chi connectivity index (χ3v) is 4.71. The standard InChI is InChI=1S/C15H17BrN2O/c16-14-13(9-4-2-1-3-5-9)11-7-6-10(15(17)19)8-12(11)18-14/h6-9,18H,1-5H2,(H2,17,19). The smallest absolute Gasteiger partial charge is 0.248 e. The summed E-state index contributed by atoms with van der Waals surface area (Å²) in [5, 5.41) is 1.21. The number of fused-ring (bicyclic) bond motifs is 1. The zero-order valence-electron chi connectivity index (χ0n) is 10.7. The van der Waals surface area contributed by atoms with Gasteiger partial charge in [0.25, 0.3) is 0 Å². The highest BCUT2D eigenvalue weighted by Gasteiger charge is 2.22. The van der Waals surface area contributed by atoms with E-state index in [-0.39, 0.29) is 5.91 Å². The first kappa shape index (κ1) is 12.7. The lowest BCUT2D eigenvalue weighted by atomic mass is 9.84. The fourth-order valence-corrected chi connectivity index (χ4v) is 3.88. The van der Waals surface area contributed by atoms with Gasteiger partial charge in [-0.1, -0.05) is 25.3 Å². The van der Waals surface area contributed by atoms with Crippen LogP contribution < -0.4 is 5.73 Å².